The monoisotopic (exact) mass is 385 g/mol. The Morgan fingerprint density at radius 3 is 2.31 bits per heavy atom. The molecule has 3 aromatic rings. The molecule has 29 heavy (non-hydrogen) atoms. The number of benzene rings is 3. The predicted octanol–water partition coefficient (Wildman–Crippen LogP) is 5.32. The molecular weight excluding hydrogens is 358 g/mol. The molecule has 2 aliphatic heterocycles. The van der Waals surface area contributed by atoms with Gasteiger partial charge in [-0.25, -0.2) is 0 Å². The lowest BCUT2D eigenvalue weighted by Crippen LogP contribution is -2.37. The fraction of sp³-hybridized carbons (Fsp3) is 0.346. The third-order valence-corrected chi connectivity index (χ3v) is 6.50. The topological polar surface area (TPSA) is 29.5 Å². The average molecular weight is 386 g/mol. The predicted molar refractivity (Wildman–Crippen MR) is 116 cm³/mol. The highest BCUT2D eigenvalue weighted by Crippen LogP contribution is 2.47. The van der Waals surface area contributed by atoms with E-state index in [9.17, 15) is 4.79 Å². The van der Waals surface area contributed by atoms with Gasteiger partial charge < -0.3 is 9.64 Å². The van der Waals surface area contributed by atoms with Crippen LogP contribution < -0.4 is 0 Å². The highest BCUT2D eigenvalue weighted by atomic mass is 16.6. The number of hydrogen-bond acceptors (Lipinski definition) is 3. The van der Waals surface area contributed by atoms with E-state index >= 15 is 0 Å². The van der Waals surface area contributed by atoms with E-state index in [1.807, 2.05) is 18.2 Å². The first kappa shape index (κ1) is 18.4. The molecule has 148 valence electrons. The molecule has 2 heterocycles. The van der Waals surface area contributed by atoms with Crippen LogP contribution in [-0.4, -0.2) is 30.5 Å². The van der Waals surface area contributed by atoms with E-state index < -0.39 is 0 Å². The maximum absolute atomic E-state index is 13.0. The van der Waals surface area contributed by atoms with Gasteiger partial charge in [0.2, 0.25) is 0 Å². The standard InChI is InChI=1S/C26H27NO2/c28-26-23(18-27-15-7-2-8-16-27)24(25(29-26)20-10-3-1-4-11-20)22-14-13-19-9-5-6-12-21(19)17-22/h1,3-6,9-14,17,23-25H,2,7-8,15-16,18H2/t23?,24-,25-/m1/s1. The van der Waals surface area contributed by atoms with Crippen LogP contribution in [0.4, 0.5) is 0 Å². The van der Waals surface area contributed by atoms with Gasteiger partial charge in [-0.05, 0) is 47.8 Å². The van der Waals surface area contributed by atoms with E-state index in [2.05, 4.69) is 59.5 Å². The Hall–Kier alpha value is -2.65. The van der Waals surface area contributed by atoms with Crippen molar-refractivity contribution >= 4 is 16.7 Å². The number of nitrogens with zero attached hydrogens (tertiary/aromatic N) is 1. The van der Waals surface area contributed by atoms with Crippen LogP contribution in [0.25, 0.3) is 10.8 Å². The second kappa shape index (κ2) is 8.00. The zero-order chi connectivity index (χ0) is 19.6. The van der Waals surface area contributed by atoms with E-state index in [0.717, 1.165) is 25.2 Å². The zero-order valence-electron chi connectivity index (χ0n) is 16.7. The summed E-state index contributed by atoms with van der Waals surface area (Å²) in [6, 6.07) is 25.3. The summed E-state index contributed by atoms with van der Waals surface area (Å²) in [4.78, 5) is 15.5. The van der Waals surface area contributed by atoms with Gasteiger partial charge in [0.15, 0.2) is 0 Å². The summed E-state index contributed by atoms with van der Waals surface area (Å²) in [6.45, 7) is 2.97. The van der Waals surface area contributed by atoms with E-state index in [4.69, 9.17) is 4.74 Å². The summed E-state index contributed by atoms with van der Waals surface area (Å²) in [5.74, 6) is -0.140. The lowest BCUT2D eigenvalue weighted by atomic mass is 9.80. The molecule has 0 aliphatic carbocycles. The molecule has 0 spiro atoms. The van der Waals surface area contributed by atoms with Gasteiger partial charge in [-0.3, -0.25) is 4.79 Å². The Labute approximate surface area is 172 Å². The van der Waals surface area contributed by atoms with Crippen molar-refractivity contribution in [2.75, 3.05) is 19.6 Å². The van der Waals surface area contributed by atoms with Crippen molar-refractivity contribution in [3.63, 3.8) is 0 Å². The number of hydrogen-bond donors (Lipinski definition) is 0. The Morgan fingerprint density at radius 1 is 0.793 bits per heavy atom. The minimum atomic E-state index is -0.223. The molecule has 2 saturated heterocycles. The molecule has 0 saturated carbocycles. The number of cyclic esters (lactones) is 1. The molecule has 2 aliphatic rings. The zero-order valence-corrected chi connectivity index (χ0v) is 16.7. The third kappa shape index (κ3) is 3.67. The molecule has 0 aromatic heterocycles. The largest absolute Gasteiger partial charge is 0.457 e. The van der Waals surface area contributed by atoms with Crippen molar-refractivity contribution in [3.05, 3.63) is 83.9 Å². The molecule has 3 heteroatoms. The lowest BCUT2D eigenvalue weighted by molar-refractivity contribution is -0.145. The number of esters is 1. The fourth-order valence-corrected chi connectivity index (χ4v) is 4.99. The summed E-state index contributed by atoms with van der Waals surface area (Å²) in [5.41, 5.74) is 2.28. The average Bonchev–Trinajstić information content (AvgIpc) is 3.11. The molecule has 5 rings (SSSR count). The fourth-order valence-electron chi connectivity index (χ4n) is 4.99. The number of rotatable bonds is 4. The first-order chi connectivity index (χ1) is 14.3. The first-order valence-electron chi connectivity index (χ1n) is 10.8. The van der Waals surface area contributed by atoms with Crippen molar-refractivity contribution in [1.82, 2.24) is 4.90 Å². The quantitative estimate of drug-likeness (QED) is 0.569. The van der Waals surface area contributed by atoms with Crippen LogP contribution in [0, 0.1) is 5.92 Å². The van der Waals surface area contributed by atoms with E-state index in [1.165, 1.54) is 35.6 Å². The maximum Gasteiger partial charge on any atom is 0.311 e. The minimum Gasteiger partial charge on any atom is -0.457 e. The summed E-state index contributed by atoms with van der Waals surface area (Å²) in [7, 11) is 0. The number of piperidine rings is 1. The Balaban J connectivity index is 1.54. The van der Waals surface area contributed by atoms with Crippen LogP contribution in [0.1, 0.15) is 42.4 Å². The Bertz CT molecular complexity index is 994. The number of carbonyl (C=O) groups excluding carboxylic acids is 1. The normalized spacial score (nSPS) is 25.2. The Morgan fingerprint density at radius 2 is 1.52 bits per heavy atom. The molecule has 3 nitrogen and oxygen atoms in total. The van der Waals surface area contributed by atoms with E-state index in [-0.39, 0.29) is 23.9 Å². The molecule has 0 radical (unpaired) electrons. The van der Waals surface area contributed by atoms with Crippen LogP contribution in [0.3, 0.4) is 0 Å². The molecule has 2 fully saturated rings. The van der Waals surface area contributed by atoms with Crippen molar-refractivity contribution in [2.45, 2.75) is 31.3 Å². The second-order valence-electron chi connectivity index (χ2n) is 8.37. The highest BCUT2D eigenvalue weighted by molar-refractivity contribution is 5.84. The molecular formula is C26H27NO2. The van der Waals surface area contributed by atoms with Crippen LogP contribution in [0.5, 0.6) is 0 Å². The molecule has 3 atom stereocenters. The highest BCUT2D eigenvalue weighted by Gasteiger charge is 2.46. The van der Waals surface area contributed by atoms with Crippen molar-refractivity contribution < 1.29 is 9.53 Å². The van der Waals surface area contributed by atoms with Crippen molar-refractivity contribution in [2.24, 2.45) is 5.92 Å². The van der Waals surface area contributed by atoms with Gasteiger partial charge >= 0.3 is 5.97 Å². The third-order valence-electron chi connectivity index (χ3n) is 6.50. The molecule has 0 N–H and O–H groups in total. The first-order valence-corrected chi connectivity index (χ1v) is 10.8. The Kier molecular flexibility index (Phi) is 5.07. The van der Waals surface area contributed by atoms with Gasteiger partial charge in [-0.2, -0.15) is 0 Å². The summed E-state index contributed by atoms with van der Waals surface area (Å²) < 4.78 is 6.02. The van der Waals surface area contributed by atoms with Crippen LogP contribution >= 0.6 is 0 Å². The van der Waals surface area contributed by atoms with Crippen LogP contribution in [0.2, 0.25) is 0 Å². The van der Waals surface area contributed by atoms with Gasteiger partial charge in [0, 0.05) is 12.5 Å². The molecule has 0 bridgehead atoms. The van der Waals surface area contributed by atoms with E-state index in [0.29, 0.717) is 0 Å². The number of likely N-dealkylation sites (tertiary alicyclic amines) is 1. The molecule has 1 unspecified atom stereocenters. The van der Waals surface area contributed by atoms with Gasteiger partial charge in [0.25, 0.3) is 0 Å². The smallest absolute Gasteiger partial charge is 0.311 e. The number of ether oxygens (including phenoxy) is 1. The molecule has 3 aromatic carbocycles. The summed E-state index contributed by atoms with van der Waals surface area (Å²) in [5, 5.41) is 2.44. The van der Waals surface area contributed by atoms with Gasteiger partial charge in [-0.1, -0.05) is 79.2 Å². The van der Waals surface area contributed by atoms with Crippen LogP contribution in [0.15, 0.2) is 72.8 Å². The molecule has 0 amide bonds. The number of carbonyl (C=O) groups is 1. The minimum absolute atomic E-state index is 0.0384. The van der Waals surface area contributed by atoms with Gasteiger partial charge in [-0.15, -0.1) is 0 Å². The van der Waals surface area contributed by atoms with Crippen molar-refractivity contribution in [1.29, 1.82) is 0 Å². The van der Waals surface area contributed by atoms with Crippen LogP contribution in [-0.2, 0) is 9.53 Å². The van der Waals surface area contributed by atoms with Gasteiger partial charge in [0.1, 0.15) is 6.10 Å². The van der Waals surface area contributed by atoms with Gasteiger partial charge in [0.05, 0.1) is 5.92 Å². The number of fused-ring (bicyclic) bond motifs is 1. The summed E-state index contributed by atoms with van der Waals surface area (Å²) >= 11 is 0. The maximum atomic E-state index is 13.0. The van der Waals surface area contributed by atoms with Crippen molar-refractivity contribution in [3.8, 4) is 0 Å². The van der Waals surface area contributed by atoms with E-state index in [1.54, 1.807) is 0 Å². The second-order valence-corrected chi connectivity index (χ2v) is 8.37. The summed E-state index contributed by atoms with van der Waals surface area (Å²) in [6.07, 6.45) is 3.53. The SMILES string of the molecule is O=C1O[C@H](c2ccccc2)[C@H](c2ccc3ccccc3c2)C1CN1CCCCC1. The lowest BCUT2D eigenvalue weighted by Gasteiger charge is -2.30.